The first-order valence-electron chi connectivity index (χ1n) is 5.64. The van der Waals surface area contributed by atoms with Gasteiger partial charge in [-0.25, -0.2) is 8.78 Å². The van der Waals surface area contributed by atoms with Gasteiger partial charge in [-0.2, -0.15) is 0 Å². The molecule has 0 atom stereocenters. The number of nitrogens with one attached hydrogen (secondary N) is 1. The summed E-state index contributed by atoms with van der Waals surface area (Å²) in [6.07, 6.45) is 0. The molecule has 2 rings (SSSR count). The number of halogens is 2. The maximum atomic E-state index is 13.3. The summed E-state index contributed by atoms with van der Waals surface area (Å²) in [7, 11) is 0. The van der Waals surface area contributed by atoms with Crippen LogP contribution in [-0.2, 0) is 6.54 Å². The minimum Gasteiger partial charge on any atom is -0.398 e. The van der Waals surface area contributed by atoms with Gasteiger partial charge in [0.25, 0.3) is 5.91 Å². The van der Waals surface area contributed by atoms with Gasteiger partial charge in [0.05, 0.1) is 5.56 Å². The number of hydrogen-bond acceptors (Lipinski definition) is 2. The average Bonchev–Trinajstić information content (AvgIpc) is 2.37. The molecule has 0 aliphatic rings. The largest absolute Gasteiger partial charge is 0.398 e. The van der Waals surface area contributed by atoms with Crippen molar-refractivity contribution in [3.05, 3.63) is 65.2 Å². The first kappa shape index (κ1) is 13.0. The number of nitrogens with two attached hydrogens (primary N) is 1. The van der Waals surface area contributed by atoms with Crippen molar-refractivity contribution in [1.29, 1.82) is 0 Å². The number of carbonyl (C=O) groups excluding carboxylic acids is 1. The van der Waals surface area contributed by atoms with Crippen LogP contribution in [0.25, 0.3) is 0 Å². The molecule has 0 bridgehead atoms. The van der Waals surface area contributed by atoms with E-state index in [-0.39, 0.29) is 17.8 Å². The normalized spacial score (nSPS) is 10.2. The van der Waals surface area contributed by atoms with E-state index in [1.54, 1.807) is 18.2 Å². The molecule has 0 saturated carbocycles. The van der Waals surface area contributed by atoms with Crippen LogP contribution in [0.4, 0.5) is 14.5 Å². The highest BCUT2D eigenvalue weighted by molar-refractivity contribution is 5.99. The van der Waals surface area contributed by atoms with Crippen molar-refractivity contribution in [1.82, 2.24) is 5.32 Å². The summed E-state index contributed by atoms with van der Waals surface area (Å²) in [5.74, 6) is -1.38. The number of nitrogen functional groups attached to an aromatic ring is 1. The van der Waals surface area contributed by atoms with Crippen molar-refractivity contribution in [2.75, 3.05) is 5.73 Å². The molecule has 0 radical (unpaired) electrons. The van der Waals surface area contributed by atoms with Crippen LogP contribution in [0, 0.1) is 11.6 Å². The van der Waals surface area contributed by atoms with Crippen LogP contribution in [0.3, 0.4) is 0 Å². The fraction of sp³-hybridized carbons (Fsp3) is 0.0714. The second-order valence-corrected chi connectivity index (χ2v) is 4.01. The van der Waals surface area contributed by atoms with Crippen LogP contribution in [0.5, 0.6) is 0 Å². The number of benzene rings is 2. The predicted molar refractivity (Wildman–Crippen MR) is 68.4 cm³/mol. The van der Waals surface area contributed by atoms with E-state index in [0.717, 1.165) is 12.1 Å². The van der Waals surface area contributed by atoms with E-state index < -0.39 is 17.5 Å². The molecule has 0 aromatic heterocycles. The Morgan fingerprint density at radius 3 is 2.58 bits per heavy atom. The van der Waals surface area contributed by atoms with Crippen LogP contribution in [0.2, 0.25) is 0 Å². The Morgan fingerprint density at radius 2 is 1.89 bits per heavy atom. The highest BCUT2D eigenvalue weighted by Gasteiger charge is 2.10. The van der Waals surface area contributed by atoms with Gasteiger partial charge in [-0.3, -0.25) is 4.79 Å². The van der Waals surface area contributed by atoms with Crippen LogP contribution < -0.4 is 11.1 Å². The van der Waals surface area contributed by atoms with Gasteiger partial charge in [0, 0.05) is 17.8 Å². The lowest BCUT2D eigenvalue weighted by Gasteiger charge is -2.08. The van der Waals surface area contributed by atoms with Gasteiger partial charge in [0.15, 0.2) is 0 Å². The molecule has 19 heavy (non-hydrogen) atoms. The molecule has 5 heteroatoms. The van der Waals surface area contributed by atoms with Crippen molar-refractivity contribution < 1.29 is 13.6 Å². The second kappa shape index (κ2) is 5.48. The van der Waals surface area contributed by atoms with E-state index in [1.807, 2.05) is 0 Å². The highest BCUT2D eigenvalue weighted by atomic mass is 19.1. The van der Waals surface area contributed by atoms with Crippen molar-refractivity contribution in [2.24, 2.45) is 0 Å². The molecule has 0 spiro atoms. The molecule has 0 heterocycles. The average molecular weight is 262 g/mol. The van der Waals surface area contributed by atoms with Crippen molar-refractivity contribution >= 4 is 11.6 Å². The lowest BCUT2D eigenvalue weighted by atomic mass is 10.1. The summed E-state index contributed by atoms with van der Waals surface area (Å²) in [5, 5.41) is 2.53. The van der Waals surface area contributed by atoms with Gasteiger partial charge < -0.3 is 11.1 Å². The summed E-state index contributed by atoms with van der Waals surface area (Å²) >= 11 is 0. The molecular formula is C14H12F2N2O. The lowest BCUT2D eigenvalue weighted by molar-refractivity contribution is 0.0951. The molecule has 1 amide bonds. The van der Waals surface area contributed by atoms with Crippen LogP contribution in [0.1, 0.15) is 15.9 Å². The number of hydrogen-bond donors (Lipinski definition) is 2. The highest BCUT2D eigenvalue weighted by Crippen LogP contribution is 2.13. The Hall–Kier alpha value is -2.43. The Balaban J connectivity index is 2.08. The van der Waals surface area contributed by atoms with E-state index in [9.17, 15) is 13.6 Å². The summed E-state index contributed by atoms with van der Waals surface area (Å²) in [4.78, 5) is 11.8. The van der Waals surface area contributed by atoms with Crippen LogP contribution in [0.15, 0.2) is 42.5 Å². The fourth-order valence-corrected chi connectivity index (χ4v) is 1.65. The van der Waals surface area contributed by atoms with E-state index in [4.69, 9.17) is 5.73 Å². The standard InChI is InChI=1S/C14H12F2N2O/c15-10-5-6-11(13(17)7-10)14(19)18-8-9-3-1-2-4-12(9)16/h1-7H,8,17H2,(H,18,19). The van der Waals surface area contributed by atoms with Crippen LogP contribution in [-0.4, -0.2) is 5.91 Å². The van der Waals surface area contributed by atoms with Crippen molar-refractivity contribution in [2.45, 2.75) is 6.54 Å². The van der Waals surface area contributed by atoms with Crippen LogP contribution >= 0.6 is 0 Å². The summed E-state index contributed by atoms with van der Waals surface area (Å²) < 4.78 is 26.2. The summed E-state index contributed by atoms with van der Waals surface area (Å²) in [6.45, 7) is 0.0440. The smallest absolute Gasteiger partial charge is 0.253 e. The van der Waals surface area contributed by atoms with Crippen molar-refractivity contribution in [3.63, 3.8) is 0 Å². The van der Waals surface area contributed by atoms with Crippen molar-refractivity contribution in [3.8, 4) is 0 Å². The van der Waals surface area contributed by atoms with Gasteiger partial charge in [-0.15, -0.1) is 0 Å². The SMILES string of the molecule is Nc1cc(F)ccc1C(=O)NCc1ccccc1F. The third kappa shape index (κ3) is 3.07. The van der Waals surface area contributed by atoms with Gasteiger partial charge >= 0.3 is 0 Å². The van der Waals surface area contributed by atoms with Gasteiger partial charge in [-0.1, -0.05) is 18.2 Å². The molecule has 0 unspecified atom stereocenters. The van der Waals surface area contributed by atoms with E-state index >= 15 is 0 Å². The molecule has 98 valence electrons. The maximum Gasteiger partial charge on any atom is 0.253 e. The lowest BCUT2D eigenvalue weighted by Crippen LogP contribution is -2.24. The topological polar surface area (TPSA) is 55.1 Å². The Kier molecular flexibility index (Phi) is 3.75. The molecule has 3 nitrogen and oxygen atoms in total. The summed E-state index contributed by atoms with van der Waals surface area (Å²) in [6, 6.07) is 9.64. The molecule has 0 aliphatic carbocycles. The fourth-order valence-electron chi connectivity index (χ4n) is 1.65. The second-order valence-electron chi connectivity index (χ2n) is 4.01. The Bertz CT molecular complexity index is 614. The monoisotopic (exact) mass is 262 g/mol. The van der Waals surface area contributed by atoms with E-state index in [2.05, 4.69) is 5.32 Å². The minimum absolute atomic E-state index is 0.0440. The molecule has 0 saturated heterocycles. The molecule has 2 aromatic carbocycles. The minimum atomic E-state index is -0.511. The zero-order valence-corrected chi connectivity index (χ0v) is 9.99. The first-order valence-corrected chi connectivity index (χ1v) is 5.64. The molecule has 0 aliphatic heterocycles. The van der Waals surface area contributed by atoms with Gasteiger partial charge in [0.1, 0.15) is 11.6 Å². The number of amides is 1. The van der Waals surface area contributed by atoms with Gasteiger partial charge in [0.2, 0.25) is 0 Å². The van der Waals surface area contributed by atoms with E-state index in [1.165, 1.54) is 12.1 Å². The molecular weight excluding hydrogens is 250 g/mol. The van der Waals surface area contributed by atoms with Gasteiger partial charge in [-0.05, 0) is 24.3 Å². The Labute approximate surface area is 109 Å². The zero-order chi connectivity index (χ0) is 13.8. The third-order valence-electron chi connectivity index (χ3n) is 2.66. The molecule has 2 aromatic rings. The predicted octanol–water partition coefficient (Wildman–Crippen LogP) is 2.48. The molecule has 0 fully saturated rings. The zero-order valence-electron chi connectivity index (χ0n) is 9.99. The number of anilines is 1. The quantitative estimate of drug-likeness (QED) is 0.835. The number of rotatable bonds is 3. The van der Waals surface area contributed by atoms with E-state index in [0.29, 0.717) is 5.56 Å². The third-order valence-corrected chi connectivity index (χ3v) is 2.66. The summed E-state index contributed by atoms with van der Waals surface area (Å²) in [5.41, 5.74) is 6.13. The maximum absolute atomic E-state index is 13.3. The molecule has 3 N–H and O–H groups in total. The first-order chi connectivity index (χ1) is 9.08. The number of carbonyl (C=O) groups is 1. The Morgan fingerprint density at radius 1 is 1.16 bits per heavy atom.